The highest BCUT2D eigenvalue weighted by atomic mass is 35.5. The molecule has 0 aliphatic carbocycles. The molecule has 2 aromatic rings. The molecule has 3 atom stereocenters. The number of likely N-dealkylation sites (tertiary alicyclic amines) is 1. The average Bonchev–Trinajstić information content (AvgIpc) is 3.41. The van der Waals surface area contributed by atoms with Crippen molar-refractivity contribution in [1.82, 2.24) is 15.1 Å². The van der Waals surface area contributed by atoms with E-state index >= 15 is 0 Å². The number of amides is 2. The van der Waals surface area contributed by atoms with Gasteiger partial charge in [-0.15, -0.1) is 12.4 Å². The van der Waals surface area contributed by atoms with Crippen LogP contribution in [0.25, 0.3) is 0 Å². The number of halogens is 1. The molecule has 2 amide bonds. The Kier molecular flexibility index (Phi) is 6.16. The Morgan fingerprint density at radius 3 is 2.33 bits per heavy atom. The van der Waals surface area contributed by atoms with Crippen LogP contribution in [0.4, 0.5) is 0 Å². The first-order valence-corrected chi connectivity index (χ1v) is 10.6. The van der Waals surface area contributed by atoms with Crippen LogP contribution >= 0.6 is 12.4 Å². The highest BCUT2D eigenvalue weighted by Gasteiger charge is 2.39. The molecule has 2 saturated heterocycles. The van der Waals surface area contributed by atoms with E-state index in [1.807, 2.05) is 23.1 Å². The molecule has 7 heteroatoms. The third-order valence-corrected chi connectivity index (χ3v) is 6.86. The molecule has 4 heterocycles. The minimum Gasteiger partial charge on any atom is -0.459 e. The molecule has 1 aromatic heterocycles. The monoisotopic (exact) mass is 429 g/mol. The summed E-state index contributed by atoms with van der Waals surface area (Å²) in [6.07, 6.45) is 4.15. The summed E-state index contributed by atoms with van der Waals surface area (Å²) in [6.45, 7) is 4.12. The van der Waals surface area contributed by atoms with E-state index in [9.17, 15) is 9.59 Å². The van der Waals surface area contributed by atoms with E-state index in [4.69, 9.17) is 4.42 Å². The molecule has 1 aromatic carbocycles. The van der Waals surface area contributed by atoms with E-state index in [2.05, 4.69) is 11.4 Å². The molecule has 3 aliphatic heterocycles. The maximum atomic E-state index is 13.6. The van der Waals surface area contributed by atoms with E-state index < -0.39 is 6.04 Å². The number of fused-ring (bicyclic) bond motifs is 2. The average molecular weight is 430 g/mol. The third-order valence-electron chi connectivity index (χ3n) is 6.86. The molecular weight excluding hydrogens is 402 g/mol. The normalized spacial score (nSPS) is 25.7. The number of carbonyl (C=O) groups excluding carboxylic acids is 2. The van der Waals surface area contributed by atoms with Crippen molar-refractivity contribution in [2.24, 2.45) is 11.8 Å². The zero-order chi connectivity index (χ0) is 19.8. The summed E-state index contributed by atoms with van der Waals surface area (Å²) < 4.78 is 5.36. The van der Waals surface area contributed by atoms with Gasteiger partial charge in [0, 0.05) is 26.1 Å². The van der Waals surface area contributed by atoms with Crippen molar-refractivity contribution in [2.45, 2.75) is 31.8 Å². The zero-order valence-corrected chi connectivity index (χ0v) is 17.8. The smallest absolute Gasteiger partial charge is 0.290 e. The molecule has 0 spiro atoms. The lowest BCUT2D eigenvalue weighted by Crippen LogP contribution is -2.53. The second-order valence-corrected chi connectivity index (χ2v) is 8.48. The minimum absolute atomic E-state index is 0. The van der Waals surface area contributed by atoms with E-state index in [0.717, 1.165) is 50.1 Å². The molecule has 5 rings (SSSR count). The van der Waals surface area contributed by atoms with Crippen LogP contribution in [-0.4, -0.2) is 53.8 Å². The zero-order valence-electron chi connectivity index (χ0n) is 17.0. The van der Waals surface area contributed by atoms with Gasteiger partial charge in [0.2, 0.25) is 5.91 Å². The Bertz CT molecular complexity index is 887. The highest BCUT2D eigenvalue weighted by molar-refractivity contribution is 5.96. The maximum Gasteiger partial charge on any atom is 0.290 e. The summed E-state index contributed by atoms with van der Waals surface area (Å²) >= 11 is 0. The van der Waals surface area contributed by atoms with Gasteiger partial charge in [0.15, 0.2) is 5.76 Å². The predicted octanol–water partition coefficient (Wildman–Crippen LogP) is 2.73. The lowest BCUT2D eigenvalue weighted by atomic mass is 9.92. The molecule has 30 heavy (non-hydrogen) atoms. The van der Waals surface area contributed by atoms with Gasteiger partial charge in [0.1, 0.15) is 6.04 Å². The van der Waals surface area contributed by atoms with E-state index in [0.29, 0.717) is 30.6 Å². The van der Waals surface area contributed by atoms with Crippen molar-refractivity contribution >= 4 is 24.2 Å². The quantitative estimate of drug-likeness (QED) is 0.797. The lowest BCUT2D eigenvalue weighted by Gasteiger charge is -2.38. The molecule has 2 fully saturated rings. The summed E-state index contributed by atoms with van der Waals surface area (Å²) in [4.78, 5) is 30.5. The fraction of sp³-hybridized carbons (Fsp3) is 0.478. The Hall–Kier alpha value is -2.31. The largest absolute Gasteiger partial charge is 0.459 e. The van der Waals surface area contributed by atoms with E-state index in [-0.39, 0.29) is 24.2 Å². The van der Waals surface area contributed by atoms with Gasteiger partial charge in [-0.3, -0.25) is 9.59 Å². The number of rotatable bonds is 2. The van der Waals surface area contributed by atoms with Gasteiger partial charge in [-0.1, -0.05) is 24.3 Å². The third kappa shape index (κ3) is 3.86. The van der Waals surface area contributed by atoms with Crippen molar-refractivity contribution in [3.63, 3.8) is 0 Å². The second-order valence-electron chi connectivity index (χ2n) is 8.48. The van der Waals surface area contributed by atoms with Crippen LogP contribution in [-0.2, 0) is 17.8 Å². The van der Waals surface area contributed by atoms with Gasteiger partial charge in [0.25, 0.3) is 5.91 Å². The van der Waals surface area contributed by atoms with Gasteiger partial charge in [0.05, 0.1) is 6.26 Å². The van der Waals surface area contributed by atoms with Crippen molar-refractivity contribution in [3.05, 3.63) is 59.5 Å². The van der Waals surface area contributed by atoms with Crippen LogP contribution in [0.3, 0.4) is 0 Å². The van der Waals surface area contributed by atoms with Crippen molar-refractivity contribution < 1.29 is 14.0 Å². The van der Waals surface area contributed by atoms with Gasteiger partial charge in [-0.05, 0) is 61.0 Å². The highest BCUT2D eigenvalue weighted by Crippen LogP contribution is 2.30. The van der Waals surface area contributed by atoms with Crippen LogP contribution in [0.1, 0.15) is 34.5 Å². The Labute approximate surface area is 183 Å². The number of nitrogens with zero attached hydrogens (tertiary/aromatic N) is 2. The maximum absolute atomic E-state index is 13.6. The standard InChI is InChI=1S/C23H27N3O3.ClH/c27-22(25-9-7-17-13-24-14-18(17)8-10-25)20-12-16-4-1-2-5-19(16)15-26(20)23(28)21-6-3-11-29-21;/h1-6,11,17-18,20,24H,7-10,12-15H2;1H/t17-,18+,20?;. The van der Waals surface area contributed by atoms with Gasteiger partial charge < -0.3 is 19.5 Å². The van der Waals surface area contributed by atoms with Gasteiger partial charge in [-0.25, -0.2) is 0 Å². The topological polar surface area (TPSA) is 65.8 Å². The van der Waals surface area contributed by atoms with Crippen LogP contribution in [0, 0.1) is 11.8 Å². The van der Waals surface area contributed by atoms with Gasteiger partial charge in [-0.2, -0.15) is 0 Å². The van der Waals surface area contributed by atoms with Crippen molar-refractivity contribution in [1.29, 1.82) is 0 Å². The molecule has 0 saturated carbocycles. The Morgan fingerprint density at radius 2 is 1.67 bits per heavy atom. The summed E-state index contributed by atoms with van der Waals surface area (Å²) in [5.41, 5.74) is 2.26. The minimum atomic E-state index is -0.474. The Morgan fingerprint density at radius 1 is 0.967 bits per heavy atom. The van der Waals surface area contributed by atoms with E-state index in [1.165, 1.54) is 6.26 Å². The number of hydrogen-bond acceptors (Lipinski definition) is 4. The summed E-state index contributed by atoms with van der Waals surface area (Å²) in [6, 6.07) is 11.0. The first-order valence-electron chi connectivity index (χ1n) is 10.6. The lowest BCUT2D eigenvalue weighted by molar-refractivity contribution is -0.136. The molecule has 160 valence electrons. The summed E-state index contributed by atoms with van der Waals surface area (Å²) in [7, 11) is 0. The SMILES string of the molecule is Cl.O=C(C1Cc2ccccc2CN1C(=O)c1ccco1)N1CC[C@@H]2CNC[C@@H]2CC1. The first-order chi connectivity index (χ1) is 14.2. The number of hydrogen-bond donors (Lipinski definition) is 1. The molecule has 6 nitrogen and oxygen atoms in total. The fourth-order valence-electron chi connectivity index (χ4n) is 5.15. The fourth-order valence-corrected chi connectivity index (χ4v) is 5.15. The molecule has 1 N–H and O–H groups in total. The summed E-state index contributed by atoms with van der Waals surface area (Å²) in [5, 5.41) is 3.48. The van der Waals surface area contributed by atoms with Crippen molar-refractivity contribution in [2.75, 3.05) is 26.2 Å². The number of nitrogens with one attached hydrogen (secondary N) is 1. The molecule has 0 radical (unpaired) electrons. The Balaban J connectivity index is 0.00000218. The molecular formula is C23H28ClN3O3. The first kappa shape index (κ1) is 20.9. The predicted molar refractivity (Wildman–Crippen MR) is 115 cm³/mol. The number of benzene rings is 1. The van der Waals surface area contributed by atoms with Crippen LogP contribution < -0.4 is 5.32 Å². The molecule has 3 aliphatic rings. The second kappa shape index (κ2) is 8.82. The van der Waals surface area contributed by atoms with E-state index in [1.54, 1.807) is 17.0 Å². The van der Waals surface area contributed by atoms with Crippen LogP contribution in [0.15, 0.2) is 47.1 Å². The van der Waals surface area contributed by atoms with Crippen molar-refractivity contribution in [3.8, 4) is 0 Å². The van der Waals surface area contributed by atoms with Crippen LogP contribution in [0.5, 0.6) is 0 Å². The number of carbonyl (C=O) groups is 2. The van der Waals surface area contributed by atoms with Gasteiger partial charge >= 0.3 is 0 Å². The summed E-state index contributed by atoms with van der Waals surface area (Å²) in [5.74, 6) is 1.49. The molecule has 0 bridgehead atoms. The van der Waals surface area contributed by atoms with Crippen LogP contribution in [0.2, 0.25) is 0 Å². The molecule has 1 unspecified atom stereocenters. The number of furan rings is 1.